The van der Waals surface area contributed by atoms with E-state index in [2.05, 4.69) is 4.74 Å². The lowest BCUT2D eigenvalue weighted by Crippen LogP contribution is -2.33. The van der Waals surface area contributed by atoms with E-state index in [0.29, 0.717) is 26.3 Å². The Morgan fingerprint density at radius 3 is 2.50 bits per heavy atom. The molecule has 0 atom stereocenters. The quantitative estimate of drug-likeness (QED) is 0.375. The standard InChI is InChI=1S/C19H27NO4/c1-4-24-15-5-13-20(14-12-19(22)23-3)18(21)11-10-17-8-6-16(2)7-9-17/h6-11H,4-5,12-15H2,1-3H3/b11-10+. The molecule has 1 aromatic rings. The number of methoxy groups -OCH3 is 1. The second kappa shape index (κ2) is 11.4. The molecule has 0 bridgehead atoms. The molecular formula is C19H27NO4. The van der Waals surface area contributed by atoms with Crippen molar-refractivity contribution < 1.29 is 19.1 Å². The molecule has 0 aliphatic carbocycles. The summed E-state index contributed by atoms with van der Waals surface area (Å²) in [5, 5.41) is 0. The Kier molecular flexibility index (Phi) is 9.46. The van der Waals surface area contributed by atoms with E-state index in [9.17, 15) is 9.59 Å². The highest BCUT2D eigenvalue weighted by Crippen LogP contribution is 2.06. The van der Waals surface area contributed by atoms with Crippen LogP contribution >= 0.6 is 0 Å². The van der Waals surface area contributed by atoms with Crippen LogP contribution in [0.5, 0.6) is 0 Å². The number of nitrogens with zero attached hydrogens (tertiary/aromatic N) is 1. The van der Waals surface area contributed by atoms with Crippen molar-refractivity contribution in [2.24, 2.45) is 0 Å². The minimum atomic E-state index is -0.319. The van der Waals surface area contributed by atoms with E-state index in [1.165, 1.54) is 12.7 Å². The second-order valence-electron chi connectivity index (χ2n) is 5.45. The van der Waals surface area contributed by atoms with Crippen LogP contribution in [0.25, 0.3) is 6.08 Å². The predicted octanol–water partition coefficient (Wildman–Crippen LogP) is 2.83. The normalized spacial score (nSPS) is 10.8. The number of carbonyl (C=O) groups is 2. The summed E-state index contributed by atoms with van der Waals surface area (Å²) in [4.78, 5) is 25.4. The molecule has 0 aliphatic rings. The lowest BCUT2D eigenvalue weighted by atomic mass is 10.1. The van der Waals surface area contributed by atoms with Crippen LogP contribution in [0, 0.1) is 6.92 Å². The van der Waals surface area contributed by atoms with Gasteiger partial charge in [0.25, 0.3) is 0 Å². The Balaban J connectivity index is 2.62. The monoisotopic (exact) mass is 333 g/mol. The largest absolute Gasteiger partial charge is 0.469 e. The average molecular weight is 333 g/mol. The number of hydrogen-bond acceptors (Lipinski definition) is 4. The van der Waals surface area contributed by atoms with E-state index >= 15 is 0 Å². The molecule has 24 heavy (non-hydrogen) atoms. The summed E-state index contributed by atoms with van der Waals surface area (Å²) in [7, 11) is 1.35. The average Bonchev–Trinajstić information content (AvgIpc) is 2.60. The Morgan fingerprint density at radius 1 is 1.17 bits per heavy atom. The minimum Gasteiger partial charge on any atom is -0.469 e. The smallest absolute Gasteiger partial charge is 0.307 e. The zero-order valence-electron chi connectivity index (χ0n) is 14.8. The van der Waals surface area contributed by atoms with Crippen LogP contribution in [-0.2, 0) is 19.1 Å². The molecule has 132 valence electrons. The number of carbonyl (C=O) groups excluding carboxylic acids is 2. The van der Waals surface area contributed by atoms with Crippen LogP contribution < -0.4 is 0 Å². The van der Waals surface area contributed by atoms with Crippen molar-refractivity contribution in [3.8, 4) is 0 Å². The van der Waals surface area contributed by atoms with Gasteiger partial charge in [-0.2, -0.15) is 0 Å². The first-order valence-electron chi connectivity index (χ1n) is 8.25. The molecule has 0 unspecified atom stereocenters. The van der Waals surface area contributed by atoms with E-state index in [1.807, 2.05) is 38.1 Å². The van der Waals surface area contributed by atoms with Crippen LogP contribution in [0.1, 0.15) is 30.9 Å². The van der Waals surface area contributed by atoms with Gasteiger partial charge in [0.2, 0.25) is 5.91 Å². The zero-order valence-corrected chi connectivity index (χ0v) is 14.8. The first-order valence-corrected chi connectivity index (χ1v) is 8.25. The molecule has 0 aromatic heterocycles. The lowest BCUT2D eigenvalue weighted by molar-refractivity contribution is -0.141. The van der Waals surface area contributed by atoms with Crippen LogP contribution in [0.2, 0.25) is 0 Å². The van der Waals surface area contributed by atoms with E-state index < -0.39 is 0 Å². The van der Waals surface area contributed by atoms with Crippen molar-refractivity contribution in [3.05, 3.63) is 41.5 Å². The van der Waals surface area contributed by atoms with Crippen molar-refractivity contribution in [1.82, 2.24) is 4.90 Å². The van der Waals surface area contributed by atoms with Crippen molar-refractivity contribution >= 4 is 18.0 Å². The second-order valence-corrected chi connectivity index (χ2v) is 5.45. The predicted molar refractivity (Wildman–Crippen MR) is 94.5 cm³/mol. The van der Waals surface area contributed by atoms with E-state index in [-0.39, 0.29) is 18.3 Å². The van der Waals surface area contributed by atoms with Crippen LogP contribution in [0.3, 0.4) is 0 Å². The topological polar surface area (TPSA) is 55.8 Å². The number of ether oxygens (including phenoxy) is 2. The maximum Gasteiger partial charge on any atom is 0.307 e. The van der Waals surface area contributed by atoms with Crippen molar-refractivity contribution in [1.29, 1.82) is 0 Å². The molecule has 0 radical (unpaired) electrons. The van der Waals surface area contributed by atoms with Gasteiger partial charge in [-0.15, -0.1) is 0 Å². The van der Waals surface area contributed by atoms with Gasteiger partial charge >= 0.3 is 5.97 Å². The first-order chi connectivity index (χ1) is 11.6. The molecule has 0 spiro atoms. The summed E-state index contributed by atoms with van der Waals surface area (Å²) in [6.07, 6.45) is 4.26. The highest BCUT2D eigenvalue weighted by molar-refractivity contribution is 5.92. The Morgan fingerprint density at radius 2 is 1.88 bits per heavy atom. The van der Waals surface area contributed by atoms with Gasteiger partial charge in [0.1, 0.15) is 0 Å². The number of hydrogen-bond donors (Lipinski definition) is 0. The molecule has 0 saturated heterocycles. The number of esters is 1. The Bertz CT molecular complexity index is 537. The fourth-order valence-electron chi connectivity index (χ4n) is 2.11. The van der Waals surface area contributed by atoms with Gasteiger partial charge in [0.15, 0.2) is 0 Å². The molecule has 0 heterocycles. The van der Waals surface area contributed by atoms with E-state index in [1.54, 1.807) is 17.1 Å². The fraction of sp³-hybridized carbons (Fsp3) is 0.474. The number of benzene rings is 1. The van der Waals surface area contributed by atoms with Crippen LogP contribution in [-0.4, -0.2) is 50.2 Å². The molecule has 1 rings (SSSR count). The third-order valence-electron chi connectivity index (χ3n) is 3.54. The summed E-state index contributed by atoms with van der Waals surface area (Å²) in [6, 6.07) is 7.93. The summed E-state index contributed by atoms with van der Waals surface area (Å²) < 4.78 is 9.95. The molecule has 1 aromatic carbocycles. The van der Waals surface area contributed by atoms with Gasteiger partial charge < -0.3 is 14.4 Å². The van der Waals surface area contributed by atoms with Gasteiger partial charge in [0, 0.05) is 32.4 Å². The van der Waals surface area contributed by atoms with Crippen molar-refractivity contribution in [3.63, 3.8) is 0 Å². The molecule has 0 N–H and O–H groups in total. The number of amides is 1. The van der Waals surface area contributed by atoms with Gasteiger partial charge in [0.05, 0.1) is 13.5 Å². The molecular weight excluding hydrogens is 306 g/mol. The molecule has 5 heteroatoms. The van der Waals surface area contributed by atoms with Gasteiger partial charge in [-0.3, -0.25) is 9.59 Å². The van der Waals surface area contributed by atoms with Crippen LogP contribution in [0.4, 0.5) is 0 Å². The third kappa shape index (κ3) is 7.92. The van der Waals surface area contributed by atoms with E-state index in [4.69, 9.17) is 4.74 Å². The van der Waals surface area contributed by atoms with E-state index in [0.717, 1.165) is 12.0 Å². The maximum atomic E-state index is 12.4. The Labute approximate surface area is 144 Å². The Hall–Kier alpha value is -2.14. The molecule has 0 fully saturated rings. The third-order valence-corrected chi connectivity index (χ3v) is 3.54. The SMILES string of the molecule is CCOCCCN(CCC(=O)OC)C(=O)/C=C/c1ccc(C)cc1. The molecule has 1 amide bonds. The van der Waals surface area contributed by atoms with Crippen LogP contribution in [0.15, 0.2) is 30.3 Å². The summed E-state index contributed by atoms with van der Waals surface area (Å²) >= 11 is 0. The number of rotatable bonds is 10. The summed E-state index contributed by atoms with van der Waals surface area (Å²) in [6.45, 7) is 6.10. The van der Waals surface area contributed by atoms with Gasteiger partial charge in [-0.05, 0) is 31.9 Å². The zero-order chi connectivity index (χ0) is 17.8. The van der Waals surface area contributed by atoms with Gasteiger partial charge in [-0.25, -0.2) is 0 Å². The highest BCUT2D eigenvalue weighted by atomic mass is 16.5. The summed E-state index contributed by atoms with van der Waals surface area (Å²) in [5.74, 6) is -0.434. The van der Waals surface area contributed by atoms with Crippen molar-refractivity contribution in [2.45, 2.75) is 26.7 Å². The molecule has 0 saturated carbocycles. The fourth-order valence-corrected chi connectivity index (χ4v) is 2.11. The summed E-state index contributed by atoms with van der Waals surface area (Å²) in [5.41, 5.74) is 2.14. The lowest BCUT2D eigenvalue weighted by Gasteiger charge is -2.20. The van der Waals surface area contributed by atoms with Crippen molar-refractivity contribution in [2.75, 3.05) is 33.4 Å². The first kappa shape index (κ1) is 19.9. The van der Waals surface area contributed by atoms with Gasteiger partial charge in [-0.1, -0.05) is 29.8 Å². The minimum absolute atomic E-state index is 0.115. The maximum absolute atomic E-state index is 12.4. The highest BCUT2D eigenvalue weighted by Gasteiger charge is 2.12. The number of aryl methyl sites for hydroxylation is 1. The molecule has 0 aliphatic heterocycles. The molecule has 5 nitrogen and oxygen atoms in total.